The molecule has 0 fully saturated rings. The van der Waals surface area contributed by atoms with E-state index in [2.05, 4.69) is 5.32 Å². The lowest BCUT2D eigenvalue weighted by Gasteiger charge is -2.15. The summed E-state index contributed by atoms with van der Waals surface area (Å²) in [4.78, 5) is 12.2. The van der Waals surface area contributed by atoms with Crippen LogP contribution in [0.25, 0.3) is 0 Å². The molecule has 5 nitrogen and oxygen atoms in total. The molecule has 24 heavy (non-hydrogen) atoms. The summed E-state index contributed by atoms with van der Waals surface area (Å²) in [6, 6.07) is 13.7. The quantitative estimate of drug-likeness (QED) is 0.872. The van der Waals surface area contributed by atoms with Crippen molar-refractivity contribution in [2.24, 2.45) is 0 Å². The Balaban J connectivity index is 1.91. The number of amides is 1. The number of hydrogen-bond acceptors (Lipinski definition) is 4. The van der Waals surface area contributed by atoms with Crippen molar-refractivity contribution in [1.29, 1.82) is 0 Å². The fraction of sp³-hybridized carbons (Fsp3) is 0.278. The van der Waals surface area contributed by atoms with Crippen molar-refractivity contribution in [3.8, 4) is 5.75 Å². The SMILES string of the molecule is Cc1cccc(OCC(=O)N[C@H](C)c2ccc(S(C)(=O)=O)cc2)c1. The van der Waals surface area contributed by atoms with E-state index in [-0.39, 0.29) is 23.5 Å². The lowest BCUT2D eigenvalue weighted by atomic mass is 10.1. The summed E-state index contributed by atoms with van der Waals surface area (Å²) >= 11 is 0. The van der Waals surface area contributed by atoms with E-state index in [1.807, 2.05) is 32.0 Å². The topological polar surface area (TPSA) is 72.5 Å². The standard InChI is InChI=1S/C18H21NO4S/c1-13-5-4-6-16(11-13)23-12-18(20)19-14(2)15-7-9-17(10-8-15)24(3,21)22/h4-11,14H,12H2,1-3H3,(H,19,20)/t14-/m1/s1. The van der Waals surface area contributed by atoms with Crippen molar-refractivity contribution in [2.45, 2.75) is 24.8 Å². The van der Waals surface area contributed by atoms with Crippen molar-refractivity contribution in [1.82, 2.24) is 5.32 Å². The molecule has 0 unspecified atom stereocenters. The van der Waals surface area contributed by atoms with E-state index >= 15 is 0 Å². The van der Waals surface area contributed by atoms with Crippen LogP contribution in [-0.2, 0) is 14.6 Å². The van der Waals surface area contributed by atoms with Gasteiger partial charge in [-0.1, -0.05) is 24.3 Å². The van der Waals surface area contributed by atoms with Crippen LogP contribution in [-0.4, -0.2) is 27.2 Å². The Labute approximate surface area is 142 Å². The summed E-state index contributed by atoms with van der Waals surface area (Å²) < 4.78 is 28.4. The van der Waals surface area contributed by atoms with Gasteiger partial charge in [0, 0.05) is 6.26 Å². The first-order chi connectivity index (χ1) is 11.3. The molecule has 0 radical (unpaired) electrons. The van der Waals surface area contributed by atoms with Crippen LogP contribution in [0.15, 0.2) is 53.4 Å². The van der Waals surface area contributed by atoms with Gasteiger partial charge in [-0.05, 0) is 49.2 Å². The molecule has 0 aliphatic rings. The molecule has 0 spiro atoms. The summed E-state index contributed by atoms with van der Waals surface area (Å²) in [7, 11) is -3.22. The van der Waals surface area contributed by atoms with Gasteiger partial charge in [-0.25, -0.2) is 8.42 Å². The predicted octanol–water partition coefficient (Wildman–Crippen LogP) is 2.65. The van der Waals surface area contributed by atoms with Gasteiger partial charge < -0.3 is 10.1 Å². The Hall–Kier alpha value is -2.34. The molecule has 128 valence electrons. The maximum absolute atomic E-state index is 12.0. The molecule has 0 aromatic heterocycles. The van der Waals surface area contributed by atoms with Crippen LogP contribution in [0.5, 0.6) is 5.75 Å². The minimum atomic E-state index is -3.22. The zero-order valence-electron chi connectivity index (χ0n) is 13.9. The molecular weight excluding hydrogens is 326 g/mol. The molecule has 1 atom stereocenters. The maximum atomic E-state index is 12.0. The fourth-order valence-electron chi connectivity index (χ4n) is 2.22. The van der Waals surface area contributed by atoms with E-state index in [9.17, 15) is 13.2 Å². The number of hydrogen-bond donors (Lipinski definition) is 1. The average Bonchev–Trinajstić information content (AvgIpc) is 2.52. The molecule has 0 bridgehead atoms. The van der Waals surface area contributed by atoms with Gasteiger partial charge >= 0.3 is 0 Å². The smallest absolute Gasteiger partial charge is 0.258 e. The lowest BCUT2D eigenvalue weighted by Crippen LogP contribution is -2.31. The minimum Gasteiger partial charge on any atom is -0.484 e. The summed E-state index contributed by atoms with van der Waals surface area (Å²) in [5, 5.41) is 2.83. The predicted molar refractivity (Wildman–Crippen MR) is 92.8 cm³/mol. The van der Waals surface area contributed by atoms with E-state index < -0.39 is 9.84 Å². The first-order valence-electron chi connectivity index (χ1n) is 7.54. The molecule has 1 N–H and O–H groups in total. The molecule has 2 aromatic carbocycles. The van der Waals surface area contributed by atoms with E-state index in [0.29, 0.717) is 5.75 Å². The van der Waals surface area contributed by atoms with Gasteiger partial charge in [-0.3, -0.25) is 4.79 Å². The number of sulfone groups is 1. The highest BCUT2D eigenvalue weighted by atomic mass is 32.2. The van der Waals surface area contributed by atoms with Gasteiger partial charge in [-0.15, -0.1) is 0 Å². The van der Waals surface area contributed by atoms with Crippen molar-refractivity contribution in [2.75, 3.05) is 12.9 Å². The first-order valence-corrected chi connectivity index (χ1v) is 9.44. The first kappa shape index (κ1) is 18.0. The minimum absolute atomic E-state index is 0.0742. The van der Waals surface area contributed by atoms with Gasteiger partial charge in [0.25, 0.3) is 5.91 Å². The summed E-state index contributed by atoms with van der Waals surface area (Å²) in [6.45, 7) is 3.71. The van der Waals surface area contributed by atoms with Crippen LogP contribution < -0.4 is 10.1 Å². The number of benzene rings is 2. The van der Waals surface area contributed by atoms with Crippen LogP contribution in [0.2, 0.25) is 0 Å². The van der Waals surface area contributed by atoms with Crippen molar-refractivity contribution in [3.05, 3.63) is 59.7 Å². The Morgan fingerprint density at radius 3 is 2.42 bits per heavy atom. The fourth-order valence-corrected chi connectivity index (χ4v) is 2.85. The molecule has 2 rings (SSSR count). The Bertz CT molecular complexity index is 813. The monoisotopic (exact) mass is 347 g/mol. The van der Waals surface area contributed by atoms with Crippen molar-refractivity contribution < 1.29 is 17.9 Å². The number of rotatable bonds is 6. The van der Waals surface area contributed by atoms with Gasteiger partial charge in [0.15, 0.2) is 16.4 Å². The second-order valence-electron chi connectivity index (χ2n) is 5.74. The second kappa shape index (κ2) is 7.49. The molecule has 6 heteroatoms. The largest absolute Gasteiger partial charge is 0.484 e. The number of aryl methyl sites for hydroxylation is 1. The van der Waals surface area contributed by atoms with Crippen molar-refractivity contribution >= 4 is 15.7 Å². The van der Waals surface area contributed by atoms with E-state index in [1.165, 1.54) is 12.1 Å². The molecule has 0 saturated heterocycles. The third-order valence-corrected chi connectivity index (χ3v) is 4.67. The number of nitrogens with one attached hydrogen (secondary N) is 1. The Morgan fingerprint density at radius 2 is 1.83 bits per heavy atom. The molecule has 0 heterocycles. The number of carbonyl (C=O) groups is 1. The van der Waals surface area contributed by atoms with Crippen LogP contribution in [0, 0.1) is 6.92 Å². The van der Waals surface area contributed by atoms with Gasteiger partial charge in [0.05, 0.1) is 10.9 Å². The third-order valence-electron chi connectivity index (χ3n) is 3.55. The molecule has 0 saturated carbocycles. The molecule has 1 amide bonds. The highest BCUT2D eigenvalue weighted by Crippen LogP contribution is 2.16. The molecular formula is C18H21NO4S. The van der Waals surface area contributed by atoms with Crippen LogP contribution in [0.3, 0.4) is 0 Å². The third kappa shape index (κ3) is 5.09. The van der Waals surface area contributed by atoms with Gasteiger partial charge in [0.2, 0.25) is 0 Å². The Morgan fingerprint density at radius 1 is 1.17 bits per heavy atom. The zero-order chi connectivity index (χ0) is 17.7. The second-order valence-corrected chi connectivity index (χ2v) is 7.75. The summed E-state index contributed by atoms with van der Waals surface area (Å²) in [5.41, 5.74) is 1.89. The maximum Gasteiger partial charge on any atom is 0.258 e. The highest BCUT2D eigenvalue weighted by molar-refractivity contribution is 7.90. The van der Waals surface area contributed by atoms with Crippen LogP contribution in [0.4, 0.5) is 0 Å². The lowest BCUT2D eigenvalue weighted by molar-refractivity contribution is -0.123. The number of ether oxygens (including phenoxy) is 1. The Kier molecular flexibility index (Phi) is 5.62. The number of carbonyl (C=O) groups excluding carboxylic acids is 1. The highest BCUT2D eigenvalue weighted by Gasteiger charge is 2.12. The van der Waals surface area contributed by atoms with E-state index in [0.717, 1.165) is 17.4 Å². The van der Waals surface area contributed by atoms with Crippen molar-refractivity contribution in [3.63, 3.8) is 0 Å². The molecule has 0 aliphatic heterocycles. The summed E-state index contributed by atoms with van der Waals surface area (Å²) in [5.74, 6) is 0.409. The normalized spacial score (nSPS) is 12.5. The summed E-state index contributed by atoms with van der Waals surface area (Å²) in [6.07, 6.45) is 1.16. The average molecular weight is 347 g/mol. The van der Waals surface area contributed by atoms with Gasteiger partial charge in [0.1, 0.15) is 5.75 Å². The zero-order valence-corrected chi connectivity index (χ0v) is 14.8. The van der Waals surface area contributed by atoms with E-state index in [4.69, 9.17) is 4.74 Å². The van der Waals surface area contributed by atoms with Crippen LogP contribution >= 0.6 is 0 Å². The molecule has 0 aliphatic carbocycles. The van der Waals surface area contributed by atoms with Gasteiger partial charge in [-0.2, -0.15) is 0 Å². The van der Waals surface area contributed by atoms with Crippen LogP contribution in [0.1, 0.15) is 24.1 Å². The molecule has 2 aromatic rings. The van der Waals surface area contributed by atoms with E-state index in [1.54, 1.807) is 18.2 Å².